The summed E-state index contributed by atoms with van der Waals surface area (Å²) in [6.45, 7) is 2.02. The molecular weight excluding hydrogens is 958 g/mol. The van der Waals surface area contributed by atoms with E-state index in [1.807, 2.05) is 31.2 Å². The minimum atomic E-state index is -1.75. The summed E-state index contributed by atoms with van der Waals surface area (Å²) in [7, 11) is 0. The molecule has 1 saturated heterocycles. The van der Waals surface area contributed by atoms with Crippen molar-refractivity contribution in [2.24, 2.45) is 11.5 Å². The zero-order valence-electron chi connectivity index (χ0n) is 40.9. The number of aromatic nitrogens is 1. The predicted molar refractivity (Wildman–Crippen MR) is 273 cm³/mol. The number of primary amides is 2. The molecule has 0 bridgehead atoms. The molecule has 73 heavy (non-hydrogen) atoms. The Balaban J connectivity index is 1.41. The fourth-order valence-corrected chi connectivity index (χ4v) is 9.52. The second kappa shape index (κ2) is 26.3. The summed E-state index contributed by atoms with van der Waals surface area (Å²) in [5.41, 5.74) is 12.9. The number of H-pyrrole nitrogens is 1. The van der Waals surface area contributed by atoms with Crippen molar-refractivity contribution in [1.82, 2.24) is 47.5 Å². The number of unbranched alkanes of at least 4 members (excludes halogenated alkanes) is 1. The average Bonchev–Trinajstić information content (AvgIpc) is 3.77. The van der Waals surface area contributed by atoms with E-state index < -0.39 is 95.5 Å². The number of para-hydroxylation sites is 1. The van der Waals surface area contributed by atoms with Crippen LogP contribution in [0.4, 0.5) is 4.79 Å². The smallest absolute Gasteiger partial charge is 0.312 e. The molecule has 2 heterocycles. The van der Waals surface area contributed by atoms with Crippen molar-refractivity contribution in [2.75, 3.05) is 13.1 Å². The zero-order chi connectivity index (χ0) is 52.5. The van der Waals surface area contributed by atoms with Gasteiger partial charge in [0.2, 0.25) is 47.3 Å². The van der Waals surface area contributed by atoms with Crippen LogP contribution in [0.15, 0.2) is 79.0 Å². The zero-order valence-corrected chi connectivity index (χ0v) is 41.7. The van der Waals surface area contributed by atoms with Crippen molar-refractivity contribution < 1.29 is 43.2 Å². The Morgan fingerprint density at radius 1 is 0.781 bits per heavy atom. The summed E-state index contributed by atoms with van der Waals surface area (Å²) >= 11 is 6.63. The van der Waals surface area contributed by atoms with Gasteiger partial charge in [0.15, 0.2) is 0 Å². The van der Waals surface area contributed by atoms with Crippen molar-refractivity contribution in [3.05, 3.63) is 106 Å². The van der Waals surface area contributed by atoms with Crippen LogP contribution >= 0.6 is 11.6 Å². The fourth-order valence-electron chi connectivity index (χ4n) is 9.23. The van der Waals surface area contributed by atoms with E-state index in [-0.39, 0.29) is 70.9 Å². The summed E-state index contributed by atoms with van der Waals surface area (Å²) in [6, 6.07) is 13.9. The summed E-state index contributed by atoms with van der Waals surface area (Å²) in [5, 5.41) is 23.3. The molecule has 390 valence electrons. The van der Waals surface area contributed by atoms with Gasteiger partial charge in [0.25, 0.3) is 0 Å². The van der Waals surface area contributed by atoms with Gasteiger partial charge in [-0.2, -0.15) is 0 Å². The number of hydrogen-bond acceptors (Lipinski definition) is 9. The summed E-state index contributed by atoms with van der Waals surface area (Å²) < 4.78 is 0. The predicted octanol–water partition coefficient (Wildman–Crippen LogP) is 1.89. The van der Waals surface area contributed by atoms with Gasteiger partial charge in [-0.1, -0.05) is 85.6 Å². The fraction of sp³-hybridized carbons (Fsp3) is 0.442. The van der Waals surface area contributed by atoms with Gasteiger partial charge in [-0.3, -0.25) is 38.4 Å². The molecule has 20 nitrogen and oxygen atoms in total. The molecular formula is C52H66ClN11O9. The second-order valence-corrected chi connectivity index (χ2v) is 19.1. The van der Waals surface area contributed by atoms with E-state index in [1.165, 1.54) is 0 Å². The Morgan fingerprint density at radius 2 is 1.49 bits per heavy atom. The van der Waals surface area contributed by atoms with Crippen molar-refractivity contribution in [2.45, 2.75) is 133 Å². The normalized spacial score (nSPS) is 22.8. The van der Waals surface area contributed by atoms with Crippen molar-refractivity contribution >= 4 is 75.8 Å². The van der Waals surface area contributed by atoms with Crippen molar-refractivity contribution in [3.63, 3.8) is 0 Å². The van der Waals surface area contributed by atoms with Crippen LogP contribution in [-0.2, 0) is 64.0 Å². The number of aromatic amines is 1. The van der Waals surface area contributed by atoms with Gasteiger partial charge < -0.3 is 59.0 Å². The van der Waals surface area contributed by atoms with Gasteiger partial charge in [0.1, 0.15) is 35.7 Å². The highest BCUT2D eigenvalue weighted by molar-refractivity contribution is 6.31. The van der Waals surface area contributed by atoms with E-state index in [0.717, 1.165) is 16.5 Å². The van der Waals surface area contributed by atoms with Crippen LogP contribution in [0.5, 0.6) is 0 Å². The third-order valence-corrected chi connectivity index (χ3v) is 13.6. The minimum absolute atomic E-state index is 0.00769. The molecule has 0 radical (unpaired) electrons. The molecule has 13 N–H and O–H groups in total. The molecule has 1 spiro atoms. The van der Waals surface area contributed by atoms with Crippen LogP contribution in [0, 0.1) is 0 Å². The lowest BCUT2D eigenvalue weighted by atomic mass is 9.76. The number of hydrogen-bond donors (Lipinski definition) is 11. The maximum atomic E-state index is 15.2. The Bertz CT molecular complexity index is 2650. The first-order valence-corrected chi connectivity index (χ1v) is 25.2. The molecule has 1 aliphatic carbocycles. The first-order chi connectivity index (χ1) is 35.0. The number of nitrogens with one attached hydrogen (secondary N) is 9. The van der Waals surface area contributed by atoms with E-state index >= 15 is 4.79 Å². The number of fused-ring (bicyclic) bond motifs is 2. The van der Waals surface area contributed by atoms with E-state index in [0.29, 0.717) is 47.4 Å². The molecule has 21 heteroatoms. The number of amides is 10. The molecule has 6 atom stereocenters. The number of urea groups is 1. The molecule has 3 aromatic carbocycles. The van der Waals surface area contributed by atoms with Gasteiger partial charge in [-0.15, -0.1) is 0 Å². The quantitative estimate of drug-likeness (QED) is 0.0871. The molecule has 1 aliphatic heterocycles. The molecule has 1 unspecified atom stereocenters. The lowest BCUT2D eigenvalue weighted by Crippen LogP contribution is -2.67. The highest BCUT2D eigenvalue weighted by Crippen LogP contribution is 2.34. The van der Waals surface area contributed by atoms with E-state index in [9.17, 15) is 38.4 Å². The number of carbonyl (C=O) groups excluding carboxylic acids is 9. The SMILES string of the molecule is CCCCC(=O)N[C@H]1CC(=O)NCCCC[C@@H](C(N)=O)NC(=O)[C@H](Cc2c[nH]c3ccccc23)NC(=O)[C@H](CCCNC(N)=O)NC(=O)[C@@H](Cc2ccccc2)NC(=O)C2(CCc3c(Cl)cccc3C2)NC1=O. The standard InChI is InChI=1S/C52H66ClN11O9/c1-2-3-21-43(65)59-42-28-44(66)56-24-10-9-19-38(45(54)67)60-48(70)41(27-33-30-58-37-18-8-7-16-35(33)37)62-46(68)39(20-12-25-57-51(55)73)61-47(69)40(26-31-13-5-4-6-14-31)63-50(72)52(64-49(42)71)23-22-34-32(29-52)15-11-17-36(34)53/h4-8,11,13-18,30,38-42,58H,2-3,9-10,12,19-29H2,1H3,(H2,54,67)(H,56,66)(H,59,65)(H,60,70)(H,61,69)(H,62,68)(H,63,72)(H,64,71)(H3,55,57,73)/t38-,39-,40+,41-,42-,52?/m0/s1. The highest BCUT2D eigenvalue weighted by Gasteiger charge is 2.46. The largest absolute Gasteiger partial charge is 0.368 e. The Labute approximate surface area is 428 Å². The topological polar surface area (TPSA) is 318 Å². The van der Waals surface area contributed by atoms with Crippen LogP contribution in [0.1, 0.15) is 93.4 Å². The van der Waals surface area contributed by atoms with Gasteiger partial charge in [-0.25, -0.2) is 4.79 Å². The maximum Gasteiger partial charge on any atom is 0.312 e. The molecule has 10 amide bonds. The summed E-state index contributed by atoms with van der Waals surface area (Å²) in [6.07, 6.45) is 3.27. The first-order valence-electron chi connectivity index (χ1n) is 24.8. The first kappa shape index (κ1) is 54.8. The molecule has 0 saturated carbocycles. The van der Waals surface area contributed by atoms with Gasteiger partial charge in [-0.05, 0) is 85.8 Å². The minimum Gasteiger partial charge on any atom is -0.368 e. The monoisotopic (exact) mass is 1020 g/mol. The summed E-state index contributed by atoms with van der Waals surface area (Å²) in [4.78, 5) is 128. The number of rotatable bonds is 13. The lowest BCUT2D eigenvalue weighted by molar-refractivity contribution is -0.139. The summed E-state index contributed by atoms with van der Waals surface area (Å²) in [5.74, 6) is -5.80. The van der Waals surface area contributed by atoms with Crippen LogP contribution in [-0.4, -0.2) is 107 Å². The van der Waals surface area contributed by atoms with E-state index in [4.69, 9.17) is 23.1 Å². The Hall–Kier alpha value is -7.48. The third-order valence-electron chi connectivity index (χ3n) is 13.2. The number of benzene rings is 3. The average molecular weight is 1020 g/mol. The van der Waals surface area contributed by atoms with Gasteiger partial charge in [0.05, 0.1) is 6.42 Å². The van der Waals surface area contributed by atoms with E-state index in [2.05, 4.69) is 47.5 Å². The Morgan fingerprint density at radius 3 is 2.25 bits per heavy atom. The van der Waals surface area contributed by atoms with Crippen LogP contribution in [0.25, 0.3) is 10.9 Å². The van der Waals surface area contributed by atoms with Crippen molar-refractivity contribution in [3.8, 4) is 0 Å². The number of halogens is 1. The molecule has 6 rings (SSSR count). The van der Waals surface area contributed by atoms with Gasteiger partial charge >= 0.3 is 6.03 Å². The Kier molecular flexibility index (Phi) is 19.7. The maximum absolute atomic E-state index is 15.2. The molecule has 2 aliphatic rings. The van der Waals surface area contributed by atoms with Crippen LogP contribution < -0.4 is 54.0 Å². The van der Waals surface area contributed by atoms with Gasteiger partial charge in [0, 0.05) is 60.9 Å². The van der Waals surface area contributed by atoms with Crippen molar-refractivity contribution in [1.29, 1.82) is 0 Å². The number of carbonyl (C=O) groups is 9. The second-order valence-electron chi connectivity index (χ2n) is 18.7. The third kappa shape index (κ3) is 15.5. The highest BCUT2D eigenvalue weighted by atomic mass is 35.5. The van der Waals surface area contributed by atoms with E-state index in [1.54, 1.807) is 54.7 Å². The molecule has 1 fully saturated rings. The molecule has 1 aromatic heterocycles. The van der Waals surface area contributed by atoms with Crippen LogP contribution in [0.2, 0.25) is 5.02 Å². The number of nitrogens with two attached hydrogens (primary N) is 2. The lowest BCUT2D eigenvalue weighted by Gasteiger charge is -2.39. The van der Waals surface area contributed by atoms with Crippen LogP contribution in [0.3, 0.4) is 0 Å². The molecule has 4 aromatic rings.